The van der Waals surface area contributed by atoms with Crippen LogP contribution in [-0.2, 0) is 0 Å². The first-order chi connectivity index (χ1) is 8.72. The molecule has 1 heterocycles. The van der Waals surface area contributed by atoms with Crippen LogP contribution in [-0.4, -0.2) is 42.8 Å². The van der Waals surface area contributed by atoms with Crippen molar-refractivity contribution < 1.29 is 5.11 Å². The second-order valence-corrected chi connectivity index (χ2v) is 5.77. The molecule has 0 unspecified atom stereocenters. The topological polar surface area (TPSA) is 35.5 Å². The highest BCUT2D eigenvalue weighted by atomic mass is 79.9. The molecular formula is C13H18BrClN2O. The van der Waals surface area contributed by atoms with E-state index in [0.717, 1.165) is 42.1 Å². The summed E-state index contributed by atoms with van der Waals surface area (Å²) in [6.07, 6.45) is 0.750. The van der Waals surface area contributed by atoms with E-state index in [1.807, 2.05) is 12.1 Å². The summed E-state index contributed by atoms with van der Waals surface area (Å²) in [7, 11) is 0. The standard InChI is InChI=1S/C13H18BrClN2O/c14-12-9-10(15)1-2-11(12)13(3-8-18)17-6-4-16-5-7-17/h1-2,9,13,16,18H,3-8H2/t13-/m0/s1. The predicted octanol–water partition coefficient (Wildman–Crippen LogP) is 2.43. The SMILES string of the molecule is OCC[C@@H](c1ccc(Cl)cc1Br)N1CCNCC1. The molecule has 0 radical (unpaired) electrons. The Morgan fingerprint density at radius 3 is 2.72 bits per heavy atom. The molecule has 18 heavy (non-hydrogen) atoms. The average molecular weight is 334 g/mol. The number of aliphatic hydroxyl groups excluding tert-OH is 1. The third-order valence-electron chi connectivity index (χ3n) is 3.32. The summed E-state index contributed by atoms with van der Waals surface area (Å²) in [5.41, 5.74) is 1.20. The quantitative estimate of drug-likeness (QED) is 0.888. The molecule has 1 fully saturated rings. The van der Waals surface area contributed by atoms with Gasteiger partial charge in [0.1, 0.15) is 0 Å². The first-order valence-corrected chi connectivity index (χ1v) is 7.40. The summed E-state index contributed by atoms with van der Waals surface area (Å²) in [4.78, 5) is 2.42. The minimum Gasteiger partial charge on any atom is -0.396 e. The largest absolute Gasteiger partial charge is 0.396 e. The summed E-state index contributed by atoms with van der Waals surface area (Å²) in [5, 5.41) is 13.4. The molecule has 0 amide bonds. The van der Waals surface area contributed by atoms with Gasteiger partial charge in [0.05, 0.1) is 0 Å². The van der Waals surface area contributed by atoms with Crippen molar-refractivity contribution >= 4 is 27.5 Å². The minimum atomic E-state index is 0.198. The number of piperazine rings is 1. The molecule has 5 heteroatoms. The maximum absolute atomic E-state index is 9.29. The minimum absolute atomic E-state index is 0.198. The molecule has 0 spiro atoms. The predicted molar refractivity (Wildman–Crippen MR) is 78.0 cm³/mol. The molecule has 1 saturated heterocycles. The third-order valence-corrected chi connectivity index (χ3v) is 4.24. The molecule has 1 atom stereocenters. The van der Waals surface area contributed by atoms with E-state index in [-0.39, 0.29) is 12.6 Å². The van der Waals surface area contributed by atoms with E-state index in [1.165, 1.54) is 5.56 Å². The first-order valence-electron chi connectivity index (χ1n) is 6.23. The Morgan fingerprint density at radius 1 is 1.39 bits per heavy atom. The summed E-state index contributed by atoms with van der Waals surface area (Å²) in [6.45, 7) is 4.24. The van der Waals surface area contributed by atoms with Gasteiger partial charge in [0.15, 0.2) is 0 Å². The van der Waals surface area contributed by atoms with Crippen molar-refractivity contribution in [2.24, 2.45) is 0 Å². The van der Waals surface area contributed by atoms with Crippen LogP contribution in [0.4, 0.5) is 0 Å². The van der Waals surface area contributed by atoms with Crippen molar-refractivity contribution in [1.29, 1.82) is 0 Å². The second-order valence-electron chi connectivity index (χ2n) is 4.48. The van der Waals surface area contributed by atoms with Gasteiger partial charge in [0, 0.05) is 48.3 Å². The molecule has 0 aliphatic carbocycles. The highest BCUT2D eigenvalue weighted by Gasteiger charge is 2.23. The normalized spacial score (nSPS) is 18.8. The fourth-order valence-electron chi connectivity index (χ4n) is 2.42. The van der Waals surface area contributed by atoms with Gasteiger partial charge in [-0.15, -0.1) is 0 Å². The first kappa shape index (κ1) is 14.3. The van der Waals surface area contributed by atoms with Crippen molar-refractivity contribution in [2.45, 2.75) is 12.5 Å². The van der Waals surface area contributed by atoms with Gasteiger partial charge in [0.25, 0.3) is 0 Å². The van der Waals surface area contributed by atoms with Gasteiger partial charge in [-0.2, -0.15) is 0 Å². The average Bonchev–Trinajstić information content (AvgIpc) is 2.38. The highest BCUT2D eigenvalue weighted by molar-refractivity contribution is 9.10. The highest BCUT2D eigenvalue weighted by Crippen LogP contribution is 2.32. The smallest absolute Gasteiger partial charge is 0.0449 e. The zero-order chi connectivity index (χ0) is 13.0. The maximum Gasteiger partial charge on any atom is 0.0449 e. The third kappa shape index (κ3) is 3.45. The van der Waals surface area contributed by atoms with Crippen LogP contribution in [0.2, 0.25) is 5.02 Å². The van der Waals surface area contributed by atoms with Gasteiger partial charge in [-0.25, -0.2) is 0 Å². The Bertz CT molecular complexity index is 397. The lowest BCUT2D eigenvalue weighted by Crippen LogP contribution is -2.45. The Hall–Kier alpha value is -0.130. The molecule has 1 aliphatic rings. The molecule has 1 aromatic carbocycles. The van der Waals surface area contributed by atoms with E-state index >= 15 is 0 Å². The number of nitrogens with zero attached hydrogens (tertiary/aromatic N) is 1. The zero-order valence-corrected chi connectivity index (χ0v) is 12.5. The van der Waals surface area contributed by atoms with E-state index in [0.29, 0.717) is 0 Å². The van der Waals surface area contributed by atoms with Crippen LogP contribution < -0.4 is 5.32 Å². The van der Waals surface area contributed by atoms with E-state index in [1.54, 1.807) is 0 Å². The van der Waals surface area contributed by atoms with E-state index in [2.05, 4.69) is 32.2 Å². The molecule has 0 bridgehead atoms. The summed E-state index contributed by atoms with van der Waals surface area (Å²) < 4.78 is 1.02. The Morgan fingerprint density at radius 2 is 2.11 bits per heavy atom. The van der Waals surface area contributed by atoms with E-state index in [9.17, 15) is 5.11 Å². The van der Waals surface area contributed by atoms with Crippen molar-refractivity contribution in [3.05, 3.63) is 33.3 Å². The van der Waals surface area contributed by atoms with Crippen LogP contribution in [0.3, 0.4) is 0 Å². The molecule has 2 N–H and O–H groups in total. The number of nitrogens with one attached hydrogen (secondary N) is 1. The number of halogens is 2. The van der Waals surface area contributed by atoms with Gasteiger partial charge in [-0.1, -0.05) is 33.6 Å². The van der Waals surface area contributed by atoms with Gasteiger partial charge in [0.2, 0.25) is 0 Å². The second kappa shape index (κ2) is 6.87. The van der Waals surface area contributed by atoms with Crippen molar-refractivity contribution in [2.75, 3.05) is 32.8 Å². The number of hydrogen-bond acceptors (Lipinski definition) is 3. The molecular weight excluding hydrogens is 316 g/mol. The van der Waals surface area contributed by atoms with Gasteiger partial charge in [-0.05, 0) is 24.1 Å². The lowest BCUT2D eigenvalue weighted by atomic mass is 10.0. The van der Waals surface area contributed by atoms with Gasteiger partial charge >= 0.3 is 0 Å². The molecule has 100 valence electrons. The van der Waals surface area contributed by atoms with Crippen LogP contribution >= 0.6 is 27.5 Å². The number of rotatable bonds is 4. The van der Waals surface area contributed by atoms with Gasteiger partial charge in [-0.3, -0.25) is 4.90 Å². The lowest BCUT2D eigenvalue weighted by Gasteiger charge is -2.35. The number of aliphatic hydroxyl groups is 1. The van der Waals surface area contributed by atoms with E-state index in [4.69, 9.17) is 11.6 Å². The fourth-order valence-corrected chi connectivity index (χ4v) is 3.37. The number of hydrogen-bond donors (Lipinski definition) is 2. The van der Waals surface area contributed by atoms with Crippen LogP contribution in [0.25, 0.3) is 0 Å². The molecule has 1 aromatic rings. The Balaban J connectivity index is 2.22. The molecule has 0 saturated carbocycles. The van der Waals surface area contributed by atoms with Crippen molar-refractivity contribution in [1.82, 2.24) is 10.2 Å². The fraction of sp³-hybridized carbons (Fsp3) is 0.538. The Kier molecular flexibility index (Phi) is 5.45. The van der Waals surface area contributed by atoms with Crippen LogP contribution in [0.15, 0.2) is 22.7 Å². The number of benzene rings is 1. The molecule has 0 aromatic heterocycles. The summed E-state index contributed by atoms with van der Waals surface area (Å²) in [6, 6.07) is 6.13. The molecule has 3 nitrogen and oxygen atoms in total. The van der Waals surface area contributed by atoms with Crippen LogP contribution in [0, 0.1) is 0 Å². The van der Waals surface area contributed by atoms with Crippen LogP contribution in [0.1, 0.15) is 18.0 Å². The summed E-state index contributed by atoms with van der Waals surface area (Å²) >= 11 is 9.56. The molecule has 2 rings (SSSR count). The van der Waals surface area contributed by atoms with Crippen molar-refractivity contribution in [3.8, 4) is 0 Å². The van der Waals surface area contributed by atoms with Gasteiger partial charge < -0.3 is 10.4 Å². The monoisotopic (exact) mass is 332 g/mol. The maximum atomic E-state index is 9.29. The Labute approximate surface area is 121 Å². The molecule has 1 aliphatic heterocycles. The van der Waals surface area contributed by atoms with Crippen LogP contribution in [0.5, 0.6) is 0 Å². The zero-order valence-electron chi connectivity index (χ0n) is 10.2. The van der Waals surface area contributed by atoms with Crippen molar-refractivity contribution in [3.63, 3.8) is 0 Å². The lowest BCUT2D eigenvalue weighted by molar-refractivity contribution is 0.140. The van der Waals surface area contributed by atoms with E-state index < -0.39 is 0 Å². The summed E-state index contributed by atoms with van der Waals surface area (Å²) in [5.74, 6) is 0.